The van der Waals surface area contributed by atoms with E-state index in [1.54, 1.807) is 0 Å². The highest BCUT2D eigenvalue weighted by Gasteiger charge is 2.09. The third-order valence-corrected chi connectivity index (χ3v) is 7.41. The Morgan fingerprint density at radius 1 is 0.639 bits per heavy atom. The van der Waals surface area contributed by atoms with Gasteiger partial charge in [-0.2, -0.15) is 0 Å². The highest BCUT2D eigenvalue weighted by molar-refractivity contribution is 7.85. The van der Waals surface area contributed by atoms with E-state index in [0.29, 0.717) is 0 Å². The first-order valence-corrected chi connectivity index (χ1v) is 15.9. The molecule has 0 spiro atoms. The van der Waals surface area contributed by atoms with Crippen LogP contribution in [0.15, 0.2) is 29.2 Å². The molecule has 0 amide bonds. The number of phenols is 1. The van der Waals surface area contributed by atoms with Gasteiger partial charge in [0.15, 0.2) is 0 Å². The molecule has 1 aromatic carbocycles. The van der Waals surface area contributed by atoms with Crippen LogP contribution in [0.2, 0.25) is 0 Å². The predicted octanol–water partition coefficient (Wildman–Crippen LogP) is 6.82. The van der Waals surface area contributed by atoms with Gasteiger partial charge >= 0.3 is 0 Å². The molecule has 1 rings (SSSR count). The maximum absolute atomic E-state index is 10.3. The van der Waals surface area contributed by atoms with Gasteiger partial charge in [-0.05, 0) is 80.5 Å². The molecular formula is C30H57NO4S. The summed E-state index contributed by atoms with van der Waals surface area (Å²) in [6, 6.07) is 4.39. The number of phenolic OH excluding ortho intramolecular Hbond substituents is 1. The molecule has 6 heteroatoms. The fourth-order valence-corrected chi connectivity index (χ4v) is 4.77. The molecule has 0 saturated heterocycles. The number of hydrogen-bond donors (Lipinski definition) is 2. The van der Waals surface area contributed by atoms with Crippen molar-refractivity contribution in [1.29, 1.82) is 0 Å². The maximum Gasteiger partial charge on any atom is 0.124 e. The Morgan fingerprint density at radius 2 is 0.972 bits per heavy atom. The summed E-state index contributed by atoms with van der Waals surface area (Å²) in [7, 11) is -4.38. The molecule has 1 aromatic rings. The van der Waals surface area contributed by atoms with Gasteiger partial charge in [-0.3, -0.25) is 0 Å². The molecule has 2 N–H and O–H groups in total. The summed E-state index contributed by atoms with van der Waals surface area (Å²) in [5, 5.41) is 8.73. The molecule has 0 saturated carbocycles. The Balaban J connectivity index is 0.000000918. The van der Waals surface area contributed by atoms with Gasteiger partial charge in [-0.1, -0.05) is 80.1 Å². The molecule has 0 aliphatic heterocycles. The minimum atomic E-state index is -4.38. The van der Waals surface area contributed by atoms with Crippen LogP contribution < -0.4 is 4.90 Å². The molecule has 0 heterocycles. The predicted molar refractivity (Wildman–Crippen MR) is 152 cm³/mol. The van der Waals surface area contributed by atoms with Crippen LogP contribution in [0.5, 0.6) is 5.75 Å². The zero-order chi connectivity index (χ0) is 27.4. The van der Waals surface area contributed by atoms with Crippen molar-refractivity contribution in [3.8, 4) is 5.75 Å². The number of rotatable bonds is 19. The SMILES string of the molecule is CC(C)CCCCC[NH+](CCCCCC(C)C)CCCCCC(C)C.O=S(=O)([O-])c1ccc(O)cc1. The average molecular weight is 528 g/mol. The Bertz CT molecular complexity index is 687. The Morgan fingerprint density at radius 3 is 1.25 bits per heavy atom. The topological polar surface area (TPSA) is 81.9 Å². The van der Waals surface area contributed by atoms with E-state index in [1.807, 2.05) is 4.90 Å². The van der Waals surface area contributed by atoms with E-state index in [-0.39, 0.29) is 10.6 Å². The first-order chi connectivity index (χ1) is 16.9. The highest BCUT2D eigenvalue weighted by atomic mass is 32.2. The Kier molecular flexibility index (Phi) is 20.2. The Hall–Kier alpha value is -1.11. The molecule has 0 atom stereocenters. The standard InChI is InChI=1S/C24H51N.C6H6O4S/c1-22(2)16-10-7-13-19-25(20-14-8-11-17-23(3)4)21-15-9-12-18-24(5)6;7-5-1-3-6(4-2-5)11(8,9)10/h22-24H,7-21H2,1-6H3;1-4,7H,(H,8,9,10). The number of aromatic hydroxyl groups is 1. The molecule has 0 radical (unpaired) electrons. The summed E-state index contributed by atoms with van der Waals surface area (Å²) in [5.74, 6) is 2.57. The lowest BCUT2D eigenvalue weighted by molar-refractivity contribution is -0.900. The van der Waals surface area contributed by atoms with E-state index in [2.05, 4.69) is 41.5 Å². The van der Waals surface area contributed by atoms with Crippen LogP contribution in [0, 0.1) is 17.8 Å². The summed E-state index contributed by atoms with van der Waals surface area (Å²) in [5.41, 5.74) is 0. The van der Waals surface area contributed by atoms with Crippen molar-refractivity contribution in [2.45, 2.75) is 123 Å². The van der Waals surface area contributed by atoms with Gasteiger partial charge in [-0.25, -0.2) is 8.42 Å². The third kappa shape index (κ3) is 22.1. The van der Waals surface area contributed by atoms with Crippen LogP contribution in [0.3, 0.4) is 0 Å². The maximum atomic E-state index is 10.3. The molecule has 0 aliphatic carbocycles. The second kappa shape index (κ2) is 20.9. The monoisotopic (exact) mass is 527 g/mol. The average Bonchev–Trinajstić information content (AvgIpc) is 2.77. The molecule has 36 heavy (non-hydrogen) atoms. The van der Waals surface area contributed by atoms with Crippen molar-refractivity contribution in [3.05, 3.63) is 24.3 Å². The third-order valence-electron chi connectivity index (χ3n) is 6.56. The van der Waals surface area contributed by atoms with Crippen molar-refractivity contribution in [2.75, 3.05) is 19.6 Å². The van der Waals surface area contributed by atoms with Gasteiger partial charge in [0, 0.05) is 0 Å². The van der Waals surface area contributed by atoms with Crippen LogP contribution in [0.25, 0.3) is 0 Å². The molecule has 0 aromatic heterocycles. The van der Waals surface area contributed by atoms with Crippen LogP contribution >= 0.6 is 0 Å². The number of quaternary nitrogens is 1. The van der Waals surface area contributed by atoms with E-state index in [0.717, 1.165) is 42.0 Å². The fourth-order valence-electron chi connectivity index (χ4n) is 4.30. The van der Waals surface area contributed by atoms with Crippen molar-refractivity contribution in [1.82, 2.24) is 0 Å². The van der Waals surface area contributed by atoms with Gasteiger partial charge in [0.2, 0.25) is 0 Å². The van der Waals surface area contributed by atoms with Crippen LogP contribution in [-0.4, -0.2) is 37.7 Å². The molecule has 0 fully saturated rings. The fraction of sp³-hybridized carbons (Fsp3) is 0.800. The summed E-state index contributed by atoms with van der Waals surface area (Å²) < 4.78 is 30.9. The first-order valence-electron chi connectivity index (χ1n) is 14.5. The quantitative estimate of drug-likeness (QED) is 0.153. The van der Waals surface area contributed by atoms with Gasteiger partial charge in [-0.15, -0.1) is 0 Å². The van der Waals surface area contributed by atoms with E-state index in [4.69, 9.17) is 5.11 Å². The molecular weight excluding hydrogens is 470 g/mol. The summed E-state index contributed by atoms with van der Waals surface area (Å²) >= 11 is 0. The first kappa shape index (κ1) is 34.9. The van der Waals surface area contributed by atoms with Gasteiger partial charge < -0.3 is 14.6 Å². The smallest absolute Gasteiger partial charge is 0.124 e. The summed E-state index contributed by atoms with van der Waals surface area (Å²) in [4.78, 5) is 1.56. The van der Waals surface area contributed by atoms with Gasteiger partial charge in [0.25, 0.3) is 0 Å². The zero-order valence-corrected chi connectivity index (χ0v) is 25.0. The van der Waals surface area contributed by atoms with E-state index in [1.165, 1.54) is 96.7 Å². The Labute approximate surface area is 223 Å². The molecule has 5 nitrogen and oxygen atoms in total. The number of hydrogen-bond acceptors (Lipinski definition) is 4. The summed E-state index contributed by atoms with van der Waals surface area (Å²) in [6.45, 7) is 18.4. The van der Waals surface area contributed by atoms with Crippen LogP contribution in [0.1, 0.15) is 119 Å². The molecule has 0 aliphatic rings. The van der Waals surface area contributed by atoms with E-state index >= 15 is 0 Å². The summed E-state index contributed by atoms with van der Waals surface area (Å²) in [6.07, 6.45) is 17.2. The van der Waals surface area contributed by atoms with Gasteiger partial charge in [0.1, 0.15) is 15.9 Å². The largest absolute Gasteiger partial charge is 0.744 e. The number of benzene rings is 1. The molecule has 0 bridgehead atoms. The molecule has 212 valence electrons. The van der Waals surface area contributed by atoms with Crippen molar-refractivity contribution >= 4 is 10.1 Å². The lowest BCUT2D eigenvalue weighted by Crippen LogP contribution is -3.12. The van der Waals surface area contributed by atoms with E-state index < -0.39 is 10.1 Å². The van der Waals surface area contributed by atoms with Crippen LogP contribution in [0.4, 0.5) is 0 Å². The van der Waals surface area contributed by atoms with E-state index in [9.17, 15) is 13.0 Å². The lowest BCUT2D eigenvalue weighted by Gasteiger charge is -2.20. The minimum absolute atomic E-state index is 0.0719. The second-order valence-electron chi connectivity index (χ2n) is 11.7. The zero-order valence-electron chi connectivity index (χ0n) is 24.2. The number of nitrogens with one attached hydrogen (secondary N) is 1. The van der Waals surface area contributed by atoms with Gasteiger partial charge in [0.05, 0.1) is 24.5 Å². The second-order valence-corrected chi connectivity index (χ2v) is 13.1. The highest BCUT2D eigenvalue weighted by Crippen LogP contribution is 2.13. The molecule has 0 unspecified atom stereocenters. The lowest BCUT2D eigenvalue weighted by atomic mass is 10.0. The van der Waals surface area contributed by atoms with Crippen molar-refractivity contribution in [2.24, 2.45) is 17.8 Å². The van der Waals surface area contributed by atoms with Crippen LogP contribution in [-0.2, 0) is 10.1 Å². The normalized spacial score (nSPS) is 12.0. The number of unbranched alkanes of at least 4 members (excludes halogenated alkanes) is 6. The van der Waals surface area contributed by atoms with Crippen molar-refractivity contribution in [3.63, 3.8) is 0 Å². The van der Waals surface area contributed by atoms with Crippen molar-refractivity contribution < 1.29 is 23.0 Å². The minimum Gasteiger partial charge on any atom is -0.744 e.